The number of ether oxygens (including phenoxy) is 2. The molecule has 1 rings (SSSR count). The van der Waals surface area contributed by atoms with Crippen molar-refractivity contribution in [3.63, 3.8) is 0 Å². The van der Waals surface area contributed by atoms with Gasteiger partial charge in [-0.2, -0.15) is 0 Å². The fourth-order valence-corrected chi connectivity index (χ4v) is 1.33. The number of rotatable bonds is 2. The normalized spacial score (nSPS) is 26.4. The van der Waals surface area contributed by atoms with Gasteiger partial charge in [0, 0.05) is 13.2 Å². The third-order valence-corrected chi connectivity index (χ3v) is 2.02. The number of carbonyl (C=O) groups is 1. The van der Waals surface area contributed by atoms with Gasteiger partial charge in [0.15, 0.2) is 0 Å². The van der Waals surface area contributed by atoms with Crippen molar-refractivity contribution >= 4 is 6.09 Å². The summed E-state index contributed by atoms with van der Waals surface area (Å²) in [6.45, 7) is 6.23. The van der Waals surface area contributed by atoms with Crippen LogP contribution < -0.4 is 5.32 Å². The summed E-state index contributed by atoms with van der Waals surface area (Å²) in [5, 5.41) is 12.0. The lowest BCUT2D eigenvalue weighted by molar-refractivity contribution is 0.0295. The fraction of sp³-hybridized carbons (Fsp3) is 0.900. The largest absolute Gasteiger partial charge is 0.444 e. The fourth-order valence-electron chi connectivity index (χ4n) is 1.33. The minimum absolute atomic E-state index is 0.288. The molecule has 1 fully saturated rings. The summed E-state index contributed by atoms with van der Waals surface area (Å²) in [5.74, 6) is 0. The first-order valence-electron chi connectivity index (χ1n) is 5.15. The Morgan fingerprint density at radius 3 is 2.73 bits per heavy atom. The Kier molecular flexibility index (Phi) is 3.93. The van der Waals surface area contributed by atoms with Gasteiger partial charge in [0.25, 0.3) is 0 Å². The molecule has 0 radical (unpaired) electrons. The highest BCUT2D eigenvalue weighted by atomic mass is 16.6. The van der Waals surface area contributed by atoms with Crippen LogP contribution in [0.2, 0.25) is 0 Å². The molecule has 0 spiro atoms. The molecule has 88 valence electrons. The van der Waals surface area contributed by atoms with E-state index in [1.54, 1.807) is 20.8 Å². The third-order valence-electron chi connectivity index (χ3n) is 2.02. The van der Waals surface area contributed by atoms with Crippen LogP contribution in [0.3, 0.4) is 0 Å². The van der Waals surface area contributed by atoms with E-state index in [1.807, 2.05) is 0 Å². The van der Waals surface area contributed by atoms with Crippen molar-refractivity contribution in [2.45, 2.75) is 45.0 Å². The molecule has 1 amide bonds. The number of hydrogen-bond donors (Lipinski definition) is 2. The Balaban J connectivity index is 2.22. The molecule has 1 heterocycles. The Labute approximate surface area is 89.8 Å². The summed E-state index contributed by atoms with van der Waals surface area (Å²) in [5.41, 5.74) is -0.501. The van der Waals surface area contributed by atoms with E-state index in [-0.39, 0.29) is 12.6 Å². The number of carbonyl (C=O) groups excluding carboxylic acids is 1. The molecule has 2 unspecified atom stereocenters. The van der Waals surface area contributed by atoms with E-state index in [2.05, 4.69) is 5.32 Å². The van der Waals surface area contributed by atoms with E-state index in [0.29, 0.717) is 13.0 Å². The minimum atomic E-state index is -0.501. The summed E-state index contributed by atoms with van der Waals surface area (Å²) in [6.07, 6.45) is -0.650. The van der Waals surface area contributed by atoms with Crippen molar-refractivity contribution in [3.05, 3.63) is 0 Å². The highest BCUT2D eigenvalue weighted by Crippen LogP contribution is 2.12. The van der Waals surface area contributed by atoms with Gasteiger partial charge in [0.05, 0.1) is 6.10 Å². The van der Waals surface area contributed by atoms with Crippen molar-refractivity contribution in [3.8, 4) is 0 Å². The Morgan fingerprint density at radius 2 is 2.27 bits per heavy atom. The summed E-state index contributed by atoms with van der Waals surface area (Å²) in [4.78, 5) is 11.3. The molecule has 1 aliphatic rings. The molecule has 15 heavy (non-hydrogen) atoms. The molecule has 1 saturated heterocycles. The zero-order chi connectivity index (χ0) is 11.5. The van der Waals surface area contributed by atoms with Crippen LogP contribution in [0.15, 0.2) is 0 Å². The van der Waals surface area contributed by atoms with Gasteiger partial charge < -0.3 is 19.9 Å². The lowest BCUT2D eigenvalue weighted by Crippen LogP contribution is -2.39. The maximum absolute atomic E-state index is 11.3. The van der Waals surface area contributed by atoms with Crippen LogP contribution in [0.1, 0.15) is 27.2 Å². The summed E-state index contributed by atoms with van der Waals surface area (Å²) >= 11 is 0. The molecule has 0 bridgehead atoms. The van der Waals surface area contributed by atoms with Gasteiger partial charge in [-0.3, -0.25) is 0 Å². The molecule has 0 aromatic rings. The van der Waals surface area contributed by atoms with E-state index in [1.165, 1.54) is 0 Å². The third kappa shape index (κ3) is 4.48. The average molecular weight is 217 g/mol. The van der Waals surface area contributed by atoms with Crippen LogP contribution in [0.25, 0.3) is 0 Å². The van der Waals surface area contributed by atoms with Gasteiger partial charge >= 0.3 is 6.09 Å². The van der Waals surface area contributed by atoms with E-state index >= 15 is 0 Å². The maximum Gasteiger partial charge on any atom is 0.407 e. The molecule has 0 aliphatic carbocycles. The van der Waals surface area contributed by atoms with Crippen molar-refractivity contribution < 1.29 is 19.4 Å². The van der Waals surface area contributed by atoms with Gasteiger partial charge in [0.1, 0.15) is 11.7 Å². The van der Waals surface area contributed by atoms with E-state index < -0.39 is 17.8 Å². The van der Waals surface area contributed by atoms with Crippen molar-refractivity contribution in [1.82, 2.24) is 5.32 Å². The lowest BCUT2D eigenvalue weighted by atomic mass is 10.2. The predicted octanol–water partition coefficient (Wildman–Crippen LogP) is 0.661. The molecule has 5 heteroatoms. The highest BCUT2D eigenvalue weighted by Gasteiger charge is 2.27. The molecule has 5 nitrogen and oxygen atoms in total. The second-order valence-electron chi connectivity index (χ2n) is 4.65. The first kappa shape index (κ1) is 12.3. The highest BCUT2D eigenvalue weighted by molar-refractivity contribution is 5.67. The second kappa shape index (κ2) is 4.81. The average Bonchev–Trinajstić information content (AvgIpc) is 2.44. The monoisotopic (exact) mass is 217 g/mol. The Bertz CT molecular complexity index is 224. The van der Waals surface area contributed by atoms with E-state index in [0.717, 1.165) is 0 Å². The smallest absolute Gasteiger partial charge is 0.407 e. The summed E-state index contributed by atoms with van der Waals surface area (Å²) in [7, 11) is 0. The summed E-state index contributed by atoms with van der Waals surface area (Å²) < 4.78 is 10.3. The summed E-state index contributed by atoms with van der Waals surface area (Å²) in [6, 6.07) is 0. The molecule has 0 aromatic carbocycles. The van der Waals surface area contributed by atoms with Crippen LogP contribution >= 0.6 is 0 Å². The zero-order valence-electron chi connectivity index (χ0n) is 9.45. The quantitative estimate of drug-likeness (QED) is 0.713. The predicted molar refractivity (Wildman–Crippen MR) is 54.6 cm³/mol. The Morgan fingerprint density at radius 1 is 1.60 bits per heavy atom. The second-order valence-corrected chi connectivity index (χ2v) is 4.65. The number of nitrogens with one attached hydrogen (secondary N) is 1. The van der Waals surface area contributed by atoms with Gasteiger partial charge in [-0.1, -0.05) is 0 Å². The molecule has 0 saturated carbocycles. The van der Waals surface area contributed by atoms with E-state index in [4.69, 9.17) is 9.47 Å². The first-order valence-corrected chi connectivity index (χ1v) is 5.15. The van der Waals surface area contributed by atoms with Crippen LogP contribution in [0.5, 0.6) is 0 Å². The topological polar surface area (TPSA) is 67.8 Å². The SMILES string of the molecule is CC(C)(C)OC(=O)NCC1OCCC1O. The Hall–Kier alpha value is -0.810. The lowest BCUT2D eigenvalue weighted by Gasteiger charge is -2.21. The maximum atomic E-state index is 11.3. The molecule has 2 N–H and O–H groups in total. The van der Waals surface area contributed by atoms with E-state index in [9.17, 15) is 9.90 Å². The van der Waals surface area contributed by atoms with Gasteiger partial charge in [-0.05, 0) is 27.2 Å². The van der Waals surface area contributed by atoms with Crippen LogP contribution in [0, 0.1) is 0 Å². The van der Waals surface area contributed by atoms with Crippen molar-refractivity contribution in [2.75, 3.05) is 13.2 Å². The number of amides is 1. The number of alkyl carbamates (subject to hydrolysis) is 1. The number of aliphatic hydroxyl groups is 1. The minimum Gasteiger partial charge on any atom is -0.444 e. The van der Waals surface area contributed by atoms with Crippen molar-refractivity contribution in [1.29, 1.82) is 0 Å². The van der Waals surface area contributed by atoms with Crippen molar-refractivity contribution in [2.24, 2.45) is 0 Å². The molecule has 0 aromatic heterocycles. The molecular weight excluding hydrogens is 198 g/mol. The van der Waals surface area contributed by atoms with Gasteiger partial charge in [-0.15, -0.1) is 0 Å². The molecule has 2 atom stereocenters. The number of hydrogen-bond acceptors (Lipinski definition) is 4. The van der Waals surface area contributed by atoms with Gasteiger partial charge in [0.2, 0.25) is 0 Å². The standard InChI is InChI=1S/C10H19NO4/c1-10(2,3)15-9(13)11-6-8-7(12)4-5-14-8/h7-8,12H,4-6H2,1-3H3,(H,11,13). The molecule has 1 aliphatic heterocycles. The van der Waals surface area contributed by atoms with Crippen LogP contribution in [0.4, 0.5) is 4.79 Å². The molecular formula is C10H19NO4. The van der Waals surface area contributed by atoms with Crippen LogP contribution in [-0.4, -0.2) is 42.2 Å². The van der Waals surface area contributed by atoms with Crippen LogP contribution in [-0.2, 0) is 9.47 Å². The zero-order valence-corrected chi connectivity index (χ0v) is 9.45. The van der Waals surface area contributed by atoms with Gasteiger partial charge in [-0.25, -0.2) is 4.79 Å². The first-order chi connectivity index (χ1) is 6.88. The number of aliphatic hydroxyl groups excluding tert-OH is 1.